The molecule has 3 aromatic rings. The zero-order valence-corrected chi connectivity index (χ0v) is 22.5. The van der Waals surface area contributed by atoms with Crippen LogP contribution in [0.2, 0.25) is 0 Å². The number of aromatic nitrogens is 1. The number of amides is 1. The largest absolute Gasteiger partial charge is 0.465 e. The fourth-order valence-electron chi connectivity index (χ4n) is 3.15. The van der Waals surface area contributed by atoms with Crippen molar-refractivity contribution in [2.45, 2.75) is 18.7 Å². The van der Waals surface area contributed by atoms with Crippen molar-refractivity contribution in [3.63, 3.8) is 0 Å². The first-order chi connectivity index (χ1) is 17.2. The van der Waals surface area contributed by atoms with Crippen molar-refractivity contribution in [2.24, 2.45) is 0 Å². The van der Waals surface area contributed by atoms with Crippen LogP contribution in [-0.2, 0) is 24.3 Å². The van der Waals surface area contributed by atoms with Gasteiger partial charge in [-0.25, -0.2) is 17.5 Å². The first-order valence-corrected chi connectivity index (χ1v) is 14.8. The molecule has 12 heteroatoms. The number of carbonyl (C=O) groups excluding carboxylic acids is 2. The third-order valence-corrected chi connectivity index (χ3v) is 8.99. The Bertz CT molecular complexity index is 1280. The third-order valence-electron chi connectivity index (χ3n) is 4.92. The number of hydrogen-bond donors (Lipinski definition) is 0. The van der Waals surface area contributed by atoms with Crippen LogP contribution in [0.25, 0.3) is 22.4 Å². The molecule has 0 N–H and O–H groups in total. The van der Waals surface area contributed by atoms with Crippen LogP contribution in [0.3, 0.4) is 0 Å². The van der Waals surface area contributed by atoms with Gasteiger partial charge in [-0.2, -0.15) is 0 Å². The van der Waals surface area contributed by atoms with Crippen molar-refractivity contribution in [1.82, 2.24) is 9.46 Å². The molecule has 0 aliphatic heterocycles. The first kappa shape index (κ1) is 27.6. The lowest BCUT2D eigenvalue weighted by Gasteiger charge is -2.17. The third kappa shape index (κ3) is 7.05. The van der Waals surface area contributed by atoms with E-state index in [2.05, 4.69) is 5.16 Å². The number of rotatable bonds is 11. The van der Waals surface area contributed by atoms with E-state index < -0.39 is 16.1 Å². The molecule has 36 heavy (non-hydrogen) atoms. The van der Waals surface area contributed by atoms with E-state index in [-0.39, 0.29) is 17.5 Å². The Kier molecular flexibility index (Phi) is 9.85. The van der Waals surface area contributed by atoms with Gasteiger partial charge in [0.15, 0.2) is 0 Å². The van der Waals surface area contributed by atoms with Crippen molar-refractivity contribution >= 4 is 43.7 Å². The van der Waals surface area contributed by atoms with E-state index in [1.165, 1.54) is 40.6 Å². The number of carbonyl (C=O) groups is 2. The van der Waals surface area contributed by atoms with Crippen LogP contribution in [-0.4, -0.2) is 61.7 Å². The molecule has 0 atom stereocenters. The summed E-state index contributed by atoms with van der Waals surface area (Å²) in [6, 6.07) is 15.7. The van der Waals surface area contributed by atoms with Crippen LogP contribution in [0.15, 0.2) is 64.0 Å². The van der Waals surface area contributed by atoms with E-state index in [1.807, 2.05) is 37.3 Å². The smallest absolute Gasteiger partial charge is 0.423 e. The maximum absolute atomic E-state index is 12.9. The average Bonchev–Trinajstić information content (AvgIpc) is 3.26. The minimum absolute atomic E-state index is 0.0383. The molecule has 0 spiro atoms. The predicted molar refractivity (Wildman–Crippen MR) is 140 cm³/mol. The number of benzene rings is 2. The van der Waals surface area contributed by atoms with Gasteiger partial charge in [-0.15, -0.1) is 0 Å². The minimum Gasteiger partial charge on any atom is -0.465 e. The van der Waals surface area contributed by atoms with Crippen molar-refractivity contribution in [2.75, 3.05) is 31.8 Å². The van der Waals surface area contributed by atoms with Crippen molar-refractivity contribution < 1.29 is 32.0 Å². The van der Waals surface area contributed by atoms with Gasteiger partial charge >= 0.3 is 12.1 Å². The van der Waals surface area contributed by atoms with E-state index >= 15 is 0 Å². The highest BCUT2D eigenvalue weighted by atomic mass is 33.1. The number of esters is 1. The van der Waals surface area contributed by atoms with E-state index in [4.69, 9.17) is 14.0 Å². The lowest BCUT2D eigenvalue weighted by atomic mass is 10.00. The second kappa shape index (κ2) is 12.8. The fraction of sp³-hybridized carbons (Fsp3) is 0.292. The van der Waals surface area contributed by atoms with Gasteiger partial charge in [0.25, 0.3) is 10.0 Å². The molecule has 192 valence electrons. The quantitative estimate of drug-likeness (QED) is 0.183. The highest BCUT2D eigenvalue weighted by Gasteiger charge is 2.27. The maximum atomic E-state index is 12.9. The molecule has 1 amide bonds. The molecule has 0 bridgehead atoms. The fourth-order valence-corrected chi connectivity index (χ4v) is 5.85. The Morgan fingerprint density at radius 2 is 1.56 bits per heavy atom. The molecule has 0 saturated carbocycles. The van der Waals surface area contributed by atoms with Crippen LogP contribution in [0, 0.1) is 6.92 Å². The van der Waals surface area contributed by atoms with Crippen molar-refractivity contribution in [3.8, 4) is 22.4 Å². The summed E-state index contributed by atoms with van der Waals surface area (Å²) >= 11 is 0. The molecule has 1 heterocycles. The van der Waals surface area contributed by atoms with Gasteiger partial charge in [-0.1, -0.05) is 69.2 Å². The Morgan fingerprint density at radius 1 is 0.944 bits per heavy atom. The van der Waals surface area contributed by atoms with Crippen LogP contribution < -0.4 is 0 Å². The molecule has 0 saturated heterocycles. The number of hydrogen-bond acceptors (Lipinski definition) is 10. The number of nitrogens with zero attached hydrogens (tertiary/aromatic N) is 2. The summed E-state index contributed by atoms with van der Waals surface area (Å²) in [5.74, 6) is 1.37. The molecular weight excluding hydrogens is 524 g/mol. The molecule has 0 radical (unpaired) electrons. The molecule has 2 aromatic carbocycles. The van der Waals surface area contributed by atoms with Gasteiger partial charge in [0.2, 0.25) is 0 Å². The van der Waals surface area contributed by atoms with Crippen molar-refractivity contribution in [3.05, 3.63) is 60.4 Å². The number of sulfonamides is 1. The number of aryl methyl sites for hydroxylation is 1. The summed E-state index contributed by atoms with van der Waals surface area (Å²) in [7, 11) is -0.0564. The van der Waals surface area contributed by atoms with Gasteiger partial charge in [0, 0.05) is 31.0 Å². The SMILES string of the molecule is CC(=O)OCCSSCCOC(=O)N(C)S(=O)(=O)c1ccc(-c2noc(C)c2-c2ccccc2)cc1. The van der Waals surface area contributed by atoms with E-state index in [9.17, 15) is 18.0 Å². The summed E-state index contributed by atoms with van der Waals surface area (Å²) in [4.78, 5) is 22.9. The highest BCUT2D eigenvalue weighted by molar-refractivity contribution is 8.76. The Morgan fingerprint density at radius 3 is 2.17 bits per heavy atom. The van der Waals surface area contributed by atoms with Gasteiger partial charge in [0.05, 0.1) is 10.5 Å². The normalized spacial score (nSPS) is 11.2. The van der Waals surface area contributed by atoms with Gasteiger partial charge in [0.1, 0.15) is 24.7 Å². The summed E-state index contributed by atoms with van der Waals surface area (Å²) in [6.45, 7) is 3.50. The molecule has 0 fully saturated rings. The summed E-state index contributed by atoms with van der Waals surface area (Å²) in [5.41, 5.74) is 3.04. The van der Waals surface area contributed by atoms with Gasteiger partial charge in [-0.3, -0.25) is 4.79 Å². The summed E-state index contributed by atoms with van der Waals surface area (Å²) in [5, 5.41) is 4.16. The lowest BCUT2D eigenvalue weighted by Crippen LogP contribution is -2.34. The second-order valence-electron chi connectivity index (χ2n) is 7.42. The topological polar surface area (TPSA) is 116 Å². The molecule has 9 nitrogen and oxygen atoms in total. The molecular formula is C24H26N2O7S3. The highest BCUT2D eigenvalue weighted by Crippen LogP contribution is 2.34. The van der Waals surface area contributed by atoms with Crippen LogP contribution in [0.1, 0.15) is 12.7 Å². The Hall–Kier alpha value is -2.96. The van der Waals surface area contributed by atoms with Crippen LogP contribution in [0.5, 0.6) is 0 Å². The number of ether oxygens (including phenoxy) is 2. The molecule has 0 unspecified atom stereocenters. The van der Waals surface area contributed by atoms with Gasteiger partial charge in [-0.05, 0) is 24.6 Å². The second-order valence-corrected chi connectivity index (χ2v) is 12.1. The average molecular weight is 551 g/mol. The molecule has 1 aromatic heterocycles. The predicted octanol–water partition coefficient (Wildman–Crippen LogP) is 5.02. The Balaban J connectivity index is 1.59. The monoisotopic (exact) mass is 550 g/mol. The van der Waals surface area contributed by atoms with E-state index in [0.29, 0.717) is 39.4 Å². The van der Waals surface area contributed by atoms with E-state index in [1.54, 1.807) is 12.1 Å². The van der Waals surface area contributed by atoms with Crippen LogP contribution >= 0.6 is 21.6 Å². The molecule has 0 aliphatic rings. The summed E-state index contributed by atoms with van der Waals surface area (Å²) < 4.78 is 41.7. The zero-order valence-electron chi connectivity index (χ0n) is 20.0. The van der Waals surface area contributed by atoms with Gasteiger partial charge < -0.3 is 14.0 Å². The minimum atomic E-state index is -4.10. The van der Waals surface area contributed by atoms with E-state index in [0.717, 1.165) is 18.2 Å². The molecule has 3 rings (SSSR count). The van der Waals surface area contributed by atoms with Crippen LogP contribution in [0.4, 0.5) is 4.79 Å². The molecule has 0 aliphatic carbocycles. The van der Waals surface area contributed by atoms with Crippen molar-refractivity contribution in [1.29, 1.82) is 0 Å². The first-order valence-electron chi connectivity index (χ1n) is 10.9. The maximum Gasteiger partial charge on any atom is 0.423 e. The standard InChI is InChI=1S/C24H26N2O7S3/c1-17-22(19-7-5-4-6-8-19)23(25-33-17)20-9-11-21(12-10-20)36(29,30)26(3)24(28)32-14-16-35-34-15-13-31-18(2)27/h4-12H,13-16H2,1-3H3. The summed E-state index contributed by atoms with van der Waals surface area (Å²) in [6.07, 6.45) is -0.969. The lowest BCUT2D eigenvalue weighted by molar-refractivity contribution is -0.140. The zero-order chi connectivity index (χ0) is 26.1. The Labute approximate surface area is 218 Å².